The summed E-state index contributed by atoms with van der Waals surface area (Å²) >= 11 is 0. The molecule has 0 aliphatic heterocycles. The van der Waals surface area contributed by atoms with Crippen LogP contribution in [0, 0.1) is 0 Å². The molecule has 0 aliphatic rings. The van der Waals surface area contributed by atoms with Crippen molar-refractivity contribution in [2.24, 2.45) is 0 Å². The number of pyridine rings is 1. The van der Waals surface area contributed by atoms with E-state index in [4.69, 9.17) is 4.98 Å². The largest absolute Gasteiger partial charge is 0.338 e. The van der Waals surface area contributed by atoms with Gasteiger partial charge in [0, 0.05) is 30.9 Å². The van der Waals surface area contributed by atoms with Gasteiger partial charge in [-0.05, 0) is 37.6 Å². The van der Waals surface area contributed by atoms with Gasteiger partial charge in [-0.25, -0.2) is 14.8 Å². The zero-order valence-electron chi connectivity index (χ0n) is 14.6. The summed E-state index contributed by atoms with van der Waals surface area (Å²) in [6.07, 6.45) is 3.30. The van der Waals surface area contributed by atoms with Crippen LogP contribution in [-0.4, -0.2) is 33.2 Å². The molecule has 0 unspecified atom stereocenters. The molecule has 0 aliphatic carbocycles. The summed E-state index contributed by atoms with van der Waals surface area (Å²) in [4.78, 5) is 21.0. The number of benzene rings is 1. The van der Waals surface area contributed by atoms with Gasteiger partial charge in [0.1, 0.15) is 11.3 Å². The standard InChI is InChI=1S/C19H23N5O/c1-3-14(2)22-19(25)21-13-11-17-23-16-10-7-12-20-18(16)24(17)15-8-5-4-6-9-15/h4-10,12,14H,3,11,13H2,1-2H3,(H2,21,22,25)/t14-/m0/s1. The van der Waals surface area contributed by atoms with E-state index in [9.17, 15) is 4.79 Å². The van der Waals surface area contributed by atoms with Crippen molar-refractivity contribution in [3.8, 4) is 5.69 Å². The van der Waals surface area contributed by atoms with Gasteiger partial charge in [0.15, 0.2) is 5.65 Å². The Labute approximate surface area is 147 Å². The maximum atomic E-state index is 11.9. The molecule has 130 valence electrons. The summed E-state index contributed by atoms with van der Waals surface area (Å²) in [6, 6.07) is 13.9. The van der Waals surface area contributed by atoms with Crippen LogP contribution in [0.3, 0.4) is 0 Å². The molecule has 0 spiro atoms. The summed E-state index contributed by atoms with van der Waals surface area (Å²) in [6.45, 7) is 4.54. The van der Waals surface area contributed by atoms with Gasteiger partial charge in [-0.2, -0.15) is 0 Å². The van der Waals surface area contributed by atoms with Crippen LogP contribution in [0.5, 0.6) is 0 Å². The molecule has 3 aromatic rings. The van der Waals surface area contributed by atoms with Gasteiger partial charge in [-0.15, -0.1) is 0 Å². The van der Waals surface area contributed by atoms with E-state index < -0.39 is 0 Å². The van der Waals surface area contributed by atoms with E-state index in [2.05, 4.69) is 15.6 Å². The third-order valence-electron chi connectivity index (χ3n) is 4.12. The zero-order chi connectivity index (χ0) is 17.6. The van der Waals surface area contributed by atoms with E-state index in [0.29, 0.717) is 13.0 Å². The molecule has 3 rings (SSSR count). The molecule has 1 aromatic carbocycles. The van der Waals surface area contributed by atoms with Crippen LogP contribution >= 0.6 is 0 Å². The lowest BCUT2D eigenvalue weighted by Gasteiger charge is -2.13. The molecule has 0 saturated heterocycles. The van der Waals surface area contributed by atoms with Crippen molar-refractivity contribution in [2.75, 3.05) is 6.54 Å². The molecule has 6 heteroatoms. The molecule has 2 aromatic heterocycles. The monoisotopic (exact) mass is 337 g/mol. The van der Waals surface area contributed by atoms with Crippen LogP contribution < -0.4 is 10.6 Å². The number of nitrogens with one attached hydrogen (secondary N) is 2. The van der Waals surface area contributed by atoms with E-state index in [1.165, 1.54) is 0 Å². The Morgan fingerprint density at radius 3 is 2.76 bits per heavy atom. The Hall–Kier alpha value is -2.89. The highest BCUT2D eigenvalue weighted by Gasteiger charge is 2.13. The number of urea groups is 1. The second-order valence-corrected chi connectivity index (χ2v) is 6.00. The van der Waals surface area contributed by atoms with Crippen LogP contribution in [-0.2, 0) is 6.42 Å². The van der Waals surface area contributed by atoms with Crippen molar-refractivity contribution in [1.82, 2.24) is 25.2 Å². The van der Waals surface area contributed by atoms with Crippen molar-refractivity contribution in [1.29, 1.82) is 0 Å². The zero-order valence-corrected chi connectivity index (χ0v) is 14.6. The number of nitrogens with zero attached hydrogens (tertiary/aromatic N) is 3. The summed E-state index contributed by atoms with van der Waals surface area (Å²) in [5, 5.41) is 5.79. The Bertz CT molecular complexity index is 843. The van der Waals surface area contributed by atoms with E-state index >= 15 is 0 Å². The molecule has 2 N–H and O–H groups in total. The van der Waals surface area contributed by atoms with Gasteiger partial charge < -0.3 is 10.6 Å². The highest BCUT2D eigenvalue weighted by atomic mass is 16.2. The van der Waals surface area contributed by atoms with Crippen LogP contribution in [0.4, 0.5) is 4.79 Å². The Balaban J connectivity index is 1.78. The fourth-order valence-corrected chi connectivity index (χ4v) is 2.64. The van der Waals surface area contributed by atoms with Gasteiger partial charge >= 0.3 is 6.03 Å². The van der Waals surface area contributed by atoms with Gasteiger partial charge in [0.2, 0.25) is 0 Å². The number of carbonyl (C=O) groups excluding carboxylic acids is 1. The predicted octanol–water partition coefficient (Wildman–Crippen LogP) is 3.06. The molecule has 0 fully saturated rings. The first-order chi connectivity index (χ1) is 12.2. The SMILES string of the molecule is CC[C@H](C)NC(=O)NCCc1nc2cccnc2n1-c1ccccc1. The summed E-state index contributed by atoms with van der Waals surface area (Å²) in [5.74, 6) is 0.878. The summed E-state index contributed by atoms with van der Waals surface area (Å²) in [7, 11) is 0. The average molecular weight is 337 g/mol. The molecule has 0 radical (unpaired) electrons. The van der Waals surface area contributed by atoms with Crippen molar-refractivity contribution >= 4 is 17.2 Å². The lowest BCUT2D eigenvalue weighted by Crippen LogP contribution is -2.41. The molecular formula is C19H23N5O. The molecule has 0 saturated carbocycles. The van der Waals surface area contributed by atoms with Gasteiger partial charge in [0.05, 0.1) is 0 Å². The minimum atomic E-state index is -0.144. The molecule has 2 amide bonds. The van der Waals surface area contributed by atoms with Gasteiger partial charge in [0.25, 0.3) is 0 Å². The number of hydrogen-bond acceptors (Lipinski definition) is 3. The van der Waals surface area contributed by atoms with Crippen LogP contribution in [0.2, 0.25) is 0 Å². The maximum absolute atomic E-state index is 11.9. The first kappa shape index (κ1) is 17.0. The Morgan fingerprint density at radius 2 is 2.00 bits per heavy atom. The van der Waals surface area contributed by atoms with E-state index in [1.807, 2.05) is 60.9 Å². The molecule has 25 heavy (non-hydrogen) atoms. The molecule has 6 nitrogen and oxygen atoms in total. The van der Waals surface area contributed by atoms with E-state index in [1.54, 1.807) is 6.20 Å². The topological polar surface area (TPSA) is 71.8 Å². The quantitative estimate of drug-likeness (QED) is 0.726. The fourth-order valence-electron chi connectivity index (χ4n) is 2.64. The molecule has 0 bridgehead atoms. The number of amides is 2. The lowest BCUT2D eigenvalue weighted by atomic mass is 10.3. The third kappa shape index (κ3) is 3.96. The molecular weight excluding hydrogens is 314 g/mol. The number of aromatic nitrogens is 3. The van der Waals surface area contributed by atoms with Crippen LogP contribution in [0.1, 0.15) is 26.1 Å². The minimum absolute atomic E-state index is 0.144. The normalized spacial score (nSPS) is 12.1. The first-order valence-electron chi connectivity index (χ1n) is 8.61. The van der Waals surface area contributed by atoms with Gasteiger partial charge in [-0.3, -0.25) is 4.57 Å². The fraction of sp³-hybridized carbons (Fsp3) is 0.316. The second-order valence-electron chi connectivity index (χ2n) is 6.00. The van der Waals surface area contributed by atoms with E-state index in [0.717, 1.165) is 29.1 Å². The van der Waals surface area contributed by atoms with Crippen molar-refractivity contribution in [2.45, 2.75) is 32.7 Å². The van der Waals surface area contributed by atoms with Crippen molar-refractivity contribution < 1.29 is 4.79 Å². The van der Waals surface area contributed by atoms with Crippen molar-refractivity contribution in [3.63, 3.8) is 0 Å². The van der Waals surface area contributed by atoms with Crippen LogP contribution in [0.25, 0.3) is 16.9 Å². The highest BCUT2D eigenvalue weighted by Crippen LogP contribution is 2.19. The number of imidazole rings is 1. The molecule has 2 heterocycles. The lowest BCUT2D eigenvalue weighted by molar-refractivity contribution is 0.237. The maximum Gasteiger partial charge on any atom is 0.315 e. The Kier molecular flexibility index (Phi) is 5.28. The highest BCUT2D eigenvalue weighted by molar-refractivity contribution is 5.75. The third-order valence-corrected chi connectivity index (χ3v) is 4.12. The smallest absolute Gasteiger partial charge is 0.315 e. The number of hydrogen-bond donors (Lipinski definition) is 2. The number of carbonyl (C=O) groups is 1. The first-order valence-corrected chi connectivity index (χ1v) is 8.61. The number of para-hydroxylation sites is 1. The number of rotatable bonds is 6. The van der Waals surface area contributed by atoms with Gasteiger partial charge in [-0.1, -0.05) is 25.1 Å². The second kappa shape index (κ2) is 7.79. The minimum Gasteiger partial charge on any atom is -0.338 e. The summed E-state index contributed by atoms with van der Waals surface area (Å²) in [5.41, 5.74) is 2.70. The predicted molar refractivity (Wildman–Crippen MR) is 98.9 cm³/mol. The Morgan fingerprint density at radius 1 is 1.20 bits per heavy atom. The average Bonchev–Trinajstić information content (AvgIpc) is 3.00. The molecule has 1 atom stereocenters. The van der Waals surface area contributed by atoms with Crippen LogP contribution in [0.15, 0.2) is 48.7 Å². The van der Waals surface area contributed by atoms with E-state index in [-0.39, 0.29) is 12.1 Å². The summed E-state index contributed by atoms with van der Waals surface area (Å²) < 4.78 is 2.05. The number of fused-ring (bicyclic) bond motifs is 1. The van der Waals surface area contributed by atoms with Crippen molar-refractivity contribution in [3.05, 3.63) is 54.5 Å².